The number of benzene rings is 1. The molecule has 0 fully saturated rings. The largest absolute Gasteiger partial charge is 0.368 e. The first-order chi connectivity index (χ1) is 8.19. The molecule has 0 saturated carbocycles. The molecule has 0 aliphatic carbocycles. The van der Waals surface area contributed by atoms with E-state index >= 15 is 0 Å². The Labute approximate surface area is 107 Å². The molecule has 1 aromatic heterocycles. The van der Waals surface area contributed by atoms with Crippen LogP contribution >= 0.6 is 15.9 Å². The Hall–Kier alpha value is -1.93. The Morgan fingerprint density at radius 1 is 1.29 bits per heavy atom. The highest BCUT2D eigenvalue weighted by Gasteiger charge is 2.06. The van der Waals surface area contributed by atoms with E-state index in [1.807, 2.05) is 24.3 Å². The van der Waals surface area contributed by atoms with Gasteiger partial charge in [-0.1, -0.05) is 28.1 Å². The Morgan fingerprint density at radius 3 is 2.65 bits per heavy atom. The van der Waals surface area contributed by atoms with Gasteiger partial charge in [-0.2, -0.15) is 5.26 Å². The third-order valence-electron chi connectivity index (χ3n) is 2.29. The Bertz CT molecular complexity index is 572. The van der Waals surface area contributed by atoms with Crippen molar-refractivity contribution in [2.24, 2.45) is 0 Å². The van der Waals surface area contributed by atoms with Gasteiger partial charge in [0.15, 0.2) is 0 Å². The molecular formula is C12H9BrN4. The highest BCUT2D eigenvalue weighted by molar-refractivity contribution is 9.10. The molecule has 0 spiro atoms. The molecule has 0 aliphatic heterocycles. The van der Waals surface area contributed by atoms with Gasteiger partial charge in [-0.25, -0.2) is 9.97 Å². The molecule has 5 heteroatoms. The molecule has 0 amide bonds. The van der Waals surface area contributed by atoms with Crippen LogP contribution in [0.25, 0.3) is 0 Å². The summed E-state index contributed by atoms with van der Waals surface area (Å²) in [6, 6.07) is 9.92. The summed E-state index contributed by atoms with van der Waals surface area (Å²) >= 11 is 3.37. The molecular weight excluding hydrogens is 280 g/mol. The van der Waals surface area contributed by atoms with Crippen molar-refractivity contribution >= 4 is 21.9 Å². The maximum atomic E-state index is 8.95. The second-order valence-corrected chi connectivity index (χ2v) is 4.42. The van der Waals surface area contributed by atoms with Gasteiger partial charge in [-0.15, -0.1) is 0 Å². The van der Waals surface area contributed by atoms with Crippen molar-refractivity contribution in [1.29, 1.82) is 5.26 Å². The van der Waals surface area contributed by atoms with Crippen LogP contribution in [0.4, 0.5) is 5.95 Å². The monoisotopic (exact) mass is 288 g/mol. The molecule has 2 aromatic rings. The van der Waals surface area contributed by atoms with Crippen LogP contribution in [0.5, 0.6) is 0 Å². The van der Waals surface area contributed by atoms with E-state index in [-0.39, 0.29) is 5.95 Å². The normalized spacial score (nSPS) is 9.88. The first-order valence-corrected chi connectivity index (χ1v) is 5.74. The summed E-state index contributed by atoms with van der Waals surface area (Å²) in [5.74, 6) is 0.191. The van der Waals surface area contributed by atoms with Crippen LogP contribution in [0.2, 0.25) is 0 Å². The predicted octanol–water partition coefficient (Wildman–Crippen LogP) is 2.28. The summed E-state index contributed by atoms with van der Waals surface area (Å²) in [6.07, 6.45) is 2.03. The van der Waals surface area contributed by atoms with Crippen LogP contribution in [0.15, 0.2) is 34.9 Å². The summed E-state index contributed by atoms with van der Waals surface area (Å²) in [5, 5.41) is 8.95. The van der Waals surface area contributed by atoms with Gasteiger partial charge in [0.2, 0.25) is 5.95 Å². The highest BCUT2D eigenvalue weighted by atomic mass is 79.9. The first-order valence-electron chi connectivity index (χ1n) is 4.95. The van der Waals surface area contributed by atoms with Crippen molar-refractivity contribution in [3.8, 4) is 6.07 Å². The number of halogens is 1. The van der Waals surface area contributed by atoms with Crippen molar-refractivity contribution in [2.45, 2.75) is 6.42 Å². The Kier molecular flexibility index (Phi) is 3.35. The van der Waals surface area contributed by atoms with E-state index in [0.29, 0.717) is 17.7 Å². The molecule has 1 heterocycles. The van der Waals surface area contributed by atoms with Crippen molar-refractivity contribution in [1.82, 2.24) is 9.97 Å². The number of nitrogen functional groups attached to an aromatic ring is 1. The standard InChI is InChI=1S/C12H9BrN4/c13-10-3-1-8(2-4-10)5-11-9(6-14)7-16-12(15)17-11/h1-4,7H,5H2,(H2,15,16,17). The van der Waals surface area contributed by atoms with E-state index in [9.17, 15) is 0 Å². The number of anilines is 1. The molecule has 0 aliphatic rings. The average molecular weight is 289 g/mol. The van der Waals surface area contributed by atoms with Gasteiger partial charge >= 0.3 is 0 Å². The molecule has 0 bridgehead atoms. The van der Waals surface area contributed by atoms with Crippen molar-refractivity contribution < 1.29 is 0 Å². The number of hydrogen-bond acceptors (Lipinski definition) is 4. The number of nitrogens with zero attached hydrogens (tertiary/aromatic N) is 3. The van der Waals surface area contributed by atoms with Crippen LogP contribution in [0.1, 0.15) is 16.8 Å². The number of rotatable bonds is 2. The number of hydrogen-bond donors (Lipinski definition) is 1. The zero-order chi connectivity index (χ0) is 12.3. The third kappa shape index (κ3) is 2.80. The minimum absolute atomic E-state index is 0.191. The van der Waals surface area contributed by atoms with Crippen LogP contribution in [0.3, 0.4) is 0 Å². The molecule has 1 aromatic carbocycles. The van der Waals surface area contributed by atoms with Gasteiger partial charge in [0.1, 0.15) is 6.07 Å². The average Bonchev–Trinajstić information content (AvgIpc) is 2.32. The van der Waals surface area contributed by atoms with E-state index in [4.69, 9.17) is 11.0 Å². The summed E-state index contributed by atoms with van der Waals surface area (Å²) < 4.78 is 1.02. The lowest BCUT2D eigenvalue weighted by molar-refractivity contribution is 1.02. The Balaban J connectivity index is 2.32. The lowest BCUT2D eigenvalue weighted by Gasteiger charge is -2.04. The van der Waals surface area contributed by atoms with Crippen molar-refractivity contribution in [3.63, 3.8) is 0 Å². The van der Waals surface area contributed by atoms with Crippen LogP contribution < -0.4 is 5.73 Å². The first kappa shape index (κ1) is 11.6. The SMILES string of the molecule is N#Cc1cnc(N)nc1Cc1ccc(Br)cc1. The van der Waals surface area contributed by atoms with Gasteiger partial charge in [-0.05, 0) is 17.7 Å². The van der Waals surface area contributed by atoms with Crippen molar-refractivity contribution in [3.05, 3.63) is 51.8 Å². The quantitative estimate of drug-likeness (QED) is 0.920. The number of nitriles is 1. The molecule has 4 nitrogen and oxygen atoms in total. The van der Waals surface area contributed by atoms with Gasteiger partial charge in [0.25, 0.3) is 0 Å². The molecule has 0 radical (unpaired) electrons. The highest BCUT2D eigenvalue weighted by Crippen LogP contribution is 2.15. The fourth-order valence-electron chi connectivity index (χ4n) is 1.46. The van der Waals surface area contributed by atoms with Gasteiger partial charge in [0, 0.05) is 10.9 Å². The van der Waals surface area contributed by atoms with Crippen LogP contribution in [-0.4, -0.2) is 9.97 Å². The summed E-state index contributed by atoms with van der Waals surface area (Å²) in [6.45, 7) is 0. The van der Waals surface area contributed by atoms with E-state index in [0.717, 1.165) is 10.0 Å². The second kappa shape index (κ2) is 4.93. The van der Waals surface area contributed by atoms with Gasteiger partial charge < -0.3 is 5.73 Å². The molecule has 2 rings (SSSR count). The van der Waals surface area contributed by atoms with E-state index in [2.05, 4.69) is 32.0 Å². The molecule has 17 heavy (non-hydrogen) atoms. The van der Waals surface area contributed by atoms with Crippen LogP contribution in [0, 0.1) is 11.3 Å². The fraction of sp³-hybridized carbons (Fsp3) is 0.0833. The van der Waals surface area contributed by atoms with Crippen LogP contribution in [-0.2, 0) is 6.42 Å². The fourth-order valence-corrected chi connectivity index (χ4v) is 1.72. The lowest BCUT2D eigenvalue weighted by Crippen LogP contribution is -2.02. The zero-order valence-electron chi connectivity index (χ0n) is 8.89. The maximum absolute atomic E-state index is 8.95. The summed E-state index contributed by atoms with van der Waals surface area (Å²) in [7, 11) is 0. The minimum atomic E-state index is 0.191. The summed E-state index contributed by atoms with van der Waals surface area (Å²) in [4.78, 5) is 7.90. The predicted molar refractivity (Wildman–Crippen MR) is 68.1 cm³/mol. The number of nitrogens with two attached hydrogens (primary N) is 1. The smallest absolute Gasteiger partial charge is 0.220 e. The van der Waals surface area contributed by atoms with E-state index in [1.165, 1.54) is 6.20 Å². The van der Waals surface area contributed by atoms with E-state index in [1.54, 1.807) is 0 Å². The molecule has 0 atom stereocenters. The summed E-state index contributed by atoms with van der Waals surface area (Å²) in [5.41, 5.74) is 7.71. The van der Waals surface area contributed by atoms with Gasteiger partial charge in [0.05, 0.1) is 17.5 Å². The van der Waals surface area contributed by atoms with E-state index < -0.39 is 0 Å². The zero-order valence-corrected chi connectivity index (χ0v) is 10.5. The lowest BCUT2D eigenvalue weighted by atomic mass is 10.1. The maximum Gasteiger partial charge on any atom is 0.220 e. The molecule has 2 N–H and O–H groups in total. The Morgan fingerprint density at radius 2 is 2.00 bits per heavy atom. The minimum Gasteiger partial charge on any atom is -0.368 e. The molecule has 84 valence electrons. The van der Waals surface area contributed by atoms with Gasteiger partial charge in [-0.3, -0.25) is 0 Å². The third-order valence-corrected chi connectivity index (χ3v) is 2.82. The molecule has 0 saturated heterocycles. The molecule has 0 unspecified atom stereocenters. The second-order valence-electron chi connectivity index (χ2n) is 3.50. The topological polar surface area (TPSA) is 75.6 Å². The van der Waals surface area contributed by atoms with Crippen molar-refractivity contribution in [2.75, 3.05) is 5.73 Å². The number of aromatic nitrogens is 2.